The van der Waals surface area contributed by atoms with E-state index < -0.39 is 5.79 Å². The molecule has 0 aliphatic carbocycles. The SMILES string of the molecule is CON(C)C(=O)c1ccc(OCC2COC(C)(C)O2)c(Br)c1. The van der Waals surface area contributed by atoms with E-state index in [0.717, 1.165) is 5.06 Å². The first-order chi connectivity index (χ1) is 10.3. The van der Waals surface area contributed by atoms with Crippen LogP contribution in [0.15, 0.2) is 22.7 Å². The number of hydrogen-bond acceptors (Lipinski definition) is 5. The number of carbonyl (C=O) groups is 1. The molecule has 1 fully saturated rings. The van der Waals surface area contributed by atoms with Crippen LogP contribution in [-0.2, 0) is 14.3 Å². The van der Waals surface area contributed by atoms with Gasteiger partial charge in [-0.05, 0) is 48.0 Å². The van der Waals surface area contributed by atoms with E-state index in [-0.39, 0.29) is 12.0 Å². The van der Waals surface area contributed by atoms with E-state index in [1.54, 1.807) is 25.2 Å². The van der Waals surface area contributed by atoms with Crippen LogP contribution in [-0.4, -0.2) is 50.2 Å². The Morgan fingerprint density at radius 2 is 2.23 bits per heavy atom. The van der Waals surface area contributed by atoms with E-state index in [1.807, 2.05) is 13.8 Å². The summed E-state index contributed by atoms with van der Waals surface area (Å²) in [5.41, 5.74) is 0.505. The zero-order valence-corrected chi connectivity index (χ0v) is 14.7. The summed E-state index contributed by atoms with van der Waals surface area (Å²) >= 11 is 3.41. The average Bonchev–Trinajstić information content (AvgIpc) is 2.83. The van der Waals surface area contributed by atoms with Crippen LogP contribution in [0, 0.1) is 0 Å². The van der Waals surface area contributed by atoms with Gasteiger partial charge in [0.25, 0.3) is 5.91 Å². The summed E-state index contributed by atoms with van der Waals surface area (Å²) in [7, 11) is 3.00. The highest BCUT2D eigenvalue weighted by Crippen LogP contribution is 2.28. The van der Waals surface area contributed by atoms with Gasteiger partial charge in [0.15, 0.2) is 5.79 Å². The third-order valence-corrected chi connectivity index (χ3v) is 3.85. The van der Waals surface area contributed by atoms with Crippen LogP contribution in [0.4, 0.5) is 0 Å². The van der Waals surface area contributed by atoms with E-state index in [4.69, 9.17) is 19.0 Å². The Balaban J connectivity index is 1.97. The molecule has 1 aromatic carbocycles. The van der Waals surface area contributed by atoms with E-state index in [2.05, 4.69) is 15.9 Å². The number of hydrogen-bond donors (Lipinski definition) is 0. The smallest absolute Gasteiger partial charge is 0.277 e. The van der Waals surface area contributed by atoms with Gasteiger partial charge in [-0.3, -0.25) is 9.63 Å². The summed E-state index contributed by atoms with van der Waals surface area (Å²) in [6.45, 7) is 4.62. The number of ether oxygens (including phenoxy) is 3. The number of amides is 1. The van der Waals surface area contributed by atoms with Gasteiger partial charge in [0.2, 0.25) is 0 Å². The van der Waals surface area contributed by atoms with Crippen LogP contribution in [0.1, 0.15) is 24.2 Å². The highest BCUT2D eigenvalue weighted by atomic mass is 79.9. The van der Waals surface area contributed by atoms with Gasteiger partial charge < -0.3 is 14.2 Å². The molecule has 1 atom stereocenters. The highest BCUT2D eigenvalue weighted by Gasteiger charge is 2.33. The number of hydroxylamine groups is 2. The van der Waals surface area contributed by atoms with Gasteiger partial charge in [-0.1, -0.05) is 0 Å². The van der Waals surface area contributed by atoms with E-state index in [0.29, 0.717) is 29.0 Å². The van der Waals surface area contributed by atoms with Gasteiger partial charge in [-0.2, -0.15) is 0 Å². The van der Waals surface area contributed by atoms with Crippen LogP contribution in [0.5, 0.6) is 5.75 Å². The van der Waals surface area contributed by atoms with Crippen molar-refractivity contribution in [1.82, 2.24) is 5.06 Å². The molecular weight excluding hydrogens is 354 g/mol. The summed E-state index contributed by atoms with van der Waals surface area (Å²) in [4.78, 5) is 16.9. The van der Waals surface area contributed by atoms with Crippen molar-refractivity contribution in [3.8, 4) is 5.75 Å². The molecule has 0 aromatic heterocycles. The number of rotatable bonds is 5. The molecule has 1 saturated heterocycles. The van der Waals surface area contributed by atoms with Crippen LogP contribution in [0.3, 0.4) is 0 Å². The first kappa shape index (κ1) is 17.2. The Morgan fingerprint density at radius 3 is 2.77 bits per heavy atom. The third-order valence-electron chi connectivity index (χ3n) is 3.23. The van der Waals surface area contributed by atoms with Crippen molar-refractivity contribution >= 4 is 21.8 Å². The lowest BCUT2D eigenvalue weighted by atomic mass is 10.2. The quantitative estimate of drug-likeness (QED) is 0.742. The van der Waals surface area contributed by atoms with Gasteiger partial charge in [0.05, 0.1) is 18.2 Å². The lowest BCUT2D eigenvalue weighted by Gasteiger charge is -2.18. The van der Waals surface area contributed by atoms with Gasteiger partial charge in [-0.25, -0.2) is 5.06 Å². The second-order valence-electron chi connectivity index (χ2n) is 5.39. The second kappa shape index (κ2) is 6.95. The molecule has 0 bridgehead atoms. The minimum Gasteiger partial charge on any atom is -0.490 e. The van der Waals surface area contributed by atoms with E-state index >= 15 is 0 Å². The Morgan fingerprint density at radius 1 is 1.50 bits per heavy atom. The Kier molecular flexibility index (Phi) is 5.44. The molecule has 6 nitrogen and oxygen atoms in total. The fourth-order valence-corrected chi connectivity index (χ4v) is 2.54. The maximum absolute atomic E-state index is 12.0. The fourth-order valence-electron chi connectivity index (χ4n) is 2.04. The standard InChI is InChI=1S/C15H20BrNO5/c1-15(2)21-9-11(22-15)8-20-13-6-5-10(7-12(13)16)14(18)17(3)19-4/h5-7,11H,8-9H2,1-4H3. The van der Waals surface area contributed by atoms with Crippen molar-refractivity contribution in [1.29, 1.82) is 0 Å². The van der Waals surface area contributed by atoms with Crippen molar-refractivity contribution < 1.29 is 23.8 Å². The highest BCUT2D eigenvalue weighted by molar-refractivity contribution is 9.10. The topological polar surface area (TPSA) is 57.2 Å². The van der Waals surface area contributed by atoms with Crippen molar-refractivity contribution in [2.45, 2.75) is 25.7 Å². The predicted octanol–water partition coefficient (Wildman–Crippen LogP) is 2.61. The van der Waals surface area contributed by atoms with Crippen molar-refractivity contribution in [3.05, 3.63) is 28.2 Å². The molecule has 22 heavy (non-hydrogen) atoms. The van der Waals surface area contributed by atoms with E-state index in [1.165, 1.54) is 7.11 Å². The van der Waals surface area contributed by atoms with Crippen molar-refractivity contribution in [2.75, 3.05) is 27.4 Å². The number of benzene rings is 1. The van der Waals surface area contributed by atoms with Crippen molar-refractivity contribution in [2.24, 2.45) is 0 Å². The maximum atomic E-state index is 12.0. The van der Waals surface area contributed by atoms with Crippen LogP contribution in [0.25, 0.3) is 0 Å². The van der Waals surface area contributed by atoms with Crippen LogP contribution >= 0.6 is 15.9 Å². The molecule has 0 spiro atoms. The molecule has 1 unspecified atom stereocenters. The van der Waals surface area contributed by atoms with E-state index in [9.17, 15) is 4.79 Å². The van der Waals surface area contributed by atoms with Crippen molar-refractivity contribution in [3.63, 3.8) is 0 Å². The fraction of sp³-hybridized carbons (Fsp3) is 0.533. The Hall–Kier alpha value is -1.15. The molecule has 1 heterocycles. The van der Waals surface area contributed by atoms with Gasteiger partial charge in [-0.15, -0.1) is 0 Å². The zero-order chi connectivity index (χ0) is 16.3. The van der Waals surface area contributed by atoms with Gasteiger partial charge in [0, 0.05) is 12.6 Å². The molecular formula is C15H20BrNO5. The second-order valence-corrected chi connectivity index (χ2v) is 6.25. The molecule has 1 aliphatic heterocycles. The average molecular weight is 374 g/mol. The first-order valence-electron chi connectivity index (χ1n) is 6.88. The van der Waals surface area contributed by atoms with Crippen LogP contribution < -0.4 is 4.74 Å². The summed E-state index contributed by atoms with van der Waals surface area (Å²) in [5.74, 6) is -0.152. The number of nitrogens with zero attached hydrogens (tertiary/aromatic N) is 1. The molecule has 2 rings (SSSR count). The molecule has 0 N–H and O–H groups in total. The Bertz CT molecular complexity index is 549. The predicted molar refractivity (Wildman–Crippen MR) is 83.6 cm³/mol. The molecule has 0 radical (unpaired) electrons. The largest absolute Gasteiger partial charge is 0.490 e. The first-order valence-corrected chi connectivity index (χ1v) is 7.68. The normalized spacial score (nSPS) is 20.0. The molecule has 1 amide bonds. The minimum absolute atomic E-state index is 0.108. The lowest BCUT2D eigenvalue weighted by Crippen LogP contribution is -2.26. The lowest BCUT2D eigenvalue weighted by molar-refractivity contribution is -0.141. The maximum Gasteiger partial charge on any atom is 0.277 e. The van der Waals surface area contributed by atoms with Crippen LogP contribution in [0.2, 0.25) is 0 Å². The molecule has 1 aromatic rings. The summed E-state index contributed by atoms with van der Waals surface area (Å²) in [5, 5.41) is 1.16. The molecule has 0 saturated carbocycles. The van der Waals surface area contributed by atoms with Gasteiger partial charge >= 0.3 is 0 Å². The number of carbonyl (C=O) groups excluding carboxylic acids is 1. The molecule has 1 aliphatic rings. The Labute approximate surface area is 138 Å². The molecule has 7 heteroatoms. The third kappa shape index (κ3) is 4.19. The monoisotopic (exact) mass is 373 g/mol. The zero-order valence-electron chi connectivity index (χ0n) is 13.1. The number of halogens is 1. The summed E-state index contributed by atoms with van der Waals surface area (Å²) in [6.07, 6.45) is -0.108. The van der Waals surface area contributed by atoms with Gasteiger partial charge in [0.1, 0.15) is 18.5 Å². The summed E-state index contributed by atoms with van der Waals surface area (Å²) in [6, 6.07) is 5.12. The minimum atomic E-state index is -0.563. The summed E-state index contributed by atoms with van der Waals surface area (Å²) < 4.78 is 17.6. The molecule has 122 valence electrons.